The number of nitrogens with zero attached hydrogens (tertiary/aromatic N) is 2. The van der Waals surface area contributed by atoms with Crippen LogP contribution in [0.1, 0.15) is 48.0 Å². The molecule has 1 amide bonds. The molecule has 0 radical (unpaired) electrons. The first kappa shape index (κ1) is 17.9. The molecule has 4 nitrogen and oxygen atoms in total. The first-order valence-electron chi connectivity index (χ1n) is 8.81. The number of aryl methyl sites for hydroxylation is 1. The van der Waals surface area contributed by atoms with E-state index < -0.39 is 0 Å². The van der Waals surface area contributed by atoms with Crippen molar-refractivity contribution in [3.05, 3.63) is 77.0 Å². The van der Waals surface area contributed by atoms with Gasteiger partial charge in [0, 0.05) is 17.0 Å². The van der Waals surface area contributed by atoms with Gasteiger partial charge in [-0.15, -0.1) is 0 Å². The van der Waals surface area contributed by atoms with Crippen LogP contribution in [0.15, 0.2) is 54.6 Å². The number of carbonyl (C=O) groups excluding carboxylic acids is 1. The molecule has 0 aliphatic carbocycles. The minimum atomic E-state index is -0.141. The van der Waals surface area contributed by atoms with Crippen molar-refractivity contribution < 1.29 is 4.79 Å². The van der Waals surface area contributed by atoms with Gasteiger partial charge in [0.15, 0.2) is 0 Å². The third-order valence-corrected chi connectivity index (χ3v) is 4.56. The number of amides is 1. The van der Waals surface area contributed by atoms with Gasteiger partial charge in [-0.25, -0.2) is 4.68 Å². The first-order valence-corrected chi connectivity index (χ1v) is 8.81. The molecule has 3 rings (SSSR count). The fourth-order valence-electron chi connectivity index (χ4n) is 2.76. The highest BCUT2D eigenvalue weighted by atomic mass is 16.1. The van der Waals surface area contributed by atoms with Gasteiger partial charge in [-0.3, -0.25) is 4.79 Å². The molecule has 0 aliphatic rings. The van der Waals surface area contributed by atoms with Gasteiger partial charge in [0.1, 0.15) is 5.82 Å². The van der Waals surface area contributed by atoms with Crippen molar-refractivity contribution in [1.29, 1.82) is 0 Å². The van der Waals surface area contributed by atoms with Gasteiger partial charge in [-0.05, 0) is 43.2 Å². The number of carbonyl (C=O) groups is 1. The molecule has 0 fully saturated rings. The summed E-state index contributed by atoms with van der Waals surface area (Å²) < 4.78 is 1.84. The van der Waals surface area contributed by atoms with Gasteiger partial charge in [0.05, 0.1) is 11.4 Å². The number of rotatable bonds is 3. The minimum Gasteiger partial charge on any atom is -0.306 e. The molecular formula is C22H25N3O. The average molecular weight is 347 g/mol. The number of benzene rings is 2. The van der Waals surface area contributed by atoms with Gasteiger partial charge < -0.3 is 5.32 Å². The highest BCUT2D eigenvalue weighted by Gasteiger charge is 2.22. The molecule has 3 aromatic rings. The number of hydrogen-bond acceptors (Lipinski definition) is 2. The summed E-state index contributed by atoms with van der Waals surface area (Å²) in [5.74, 6) is 0.537. The Bertz CT molecular complexity index is 934. The molecule has 0 saturated carbocycles. The Kier molecular flexibility index (Phi) is 4.68. The lowest BCUT2D eigenvalue weighted by Crippen LogP contribution is -2.15. The molecule has 0 aliphatic heterocycles. The molecule has 0 saturated heterocycles. The number of nitrogens with one attached hydrogen (secondary N) is 1. The Hall–Kier alpha value is -2.88. The van der Waals surface area contributed by atoms with E-state index in [0.717, 1.165) is 16.9 Å². The SMILES string of the molecule is Cc1cccc(-n2nc(C(C)(C)C)cc2NC(=O)c2ccccc2)c1C. The summed E-state index contributed by atoms with van der Waals surface area (Å²) in [4.78, 5) is 12.7. The van der Waals surface area contributed by atoms with Crippen LogP contribution < -0.4 is 5.32 Å². The lowest BCUT2D eigenvalue weighted by atomic mass is 9.92. The van der Waals surface area contributed by atoms with Crippen molar-refractivity contribution in [1.82, 2.24) is 9.78 Å². The van der Waals surface area contributed by atoms with Crippen LogP contribution in [0.5, 0.6) is 0 Å². The molecule has 134 valence electrons. The zero-order valence-electron chi connectivity index (χ0n) is 16.0. The van der Waals surface area contributed by atoms with Gasteiger partial charge in [0.2, 0.25) is 0 Å². The van der Waals surface area contributed by atoms with Crippen LogP contribution in [-0.2, 0) is 5.41 Å². The monoisotopic (exact) mass is 347 g/mol. The molecule has 0 unspecified atom stereocenters. The highest BCUT2D eigenvalue weighted by molar-refractivity contribution is 6.04. The molecule has 1 heterocycles. The standard InChI is InChI=1S/C22H25N3O/c1-15-10-9-13-18(16(15)2)25-20(14-19(24-25)22(3,4)5)23-21(26)17-11-7-6-8-12-17/h6-14H,1-5H3,(H,23,26). The van der Waals surface area contributed by atoms with E-state index in [0.29, 0.717) is 11.4 Å². The maximum absolute atomic E-state index is 12.7. The molecule has 1 aromatic heterocycles. The summed E-state index contributed by atoms with van der Waals surface area (Å²) in [6.45, 7) is 10.5. The summed E-state index contributed by atoms with van der Waals surface area (Å²) in [6.07, 6.45) is 0. The van der Waals surface area contributed by atoms with E-state index in [1.807, 2.05) is 41.1 Å². The quantitative estimate of drug-likeness (QED) is 0.721. The normalized spacial score (nSPS) is 11.4. The van der Waals surface area contributed by atoms with E-state index in [-0.39, 0.29) is 11.3 Å². The average Bonchev–Trinajstić information content (AvgIpc) is 3.02. The summed E-state index contributed by atoms with van der Waals surface area (Å²) in [5.41, 5.74) is 4.75. The van der Waals surface area contributed by atoms with Crippen molar-refractivity contribution in [2.75, 3.05) is 5.32 Å². The largest absolute Gasteiger partial charge is 0.306 e. The molecule has 2 aromatic carbocycles. The fraction of sp³-hybridized carbons (Fsp3) is 0.273. The lowest BCUT2D eigenvalue weighted by Gasteiger charge is -2.15. The second-order valence-corrected chi connectivity index (χ2v) is 7.62. The van der Waals surface area contributed by atoms with Crippen LogP contribution in [0.2, 0.25) is 0 Å². The van der Waals surface area contributed by atoms with Crippen molar-refractivity contribution in [2.45, 2.75) is 40.0 Å². The van der Waals surface area contributed by atoms with Gasteiger partial charge in [-0.1, -0.05) is 51.1 Å². The van der Waals surface area contributed by atoms with E-state index in [2.05, 4.69) is 46.0 Å². The summed E-state index contributed by atoms with van der Waals surface area (Å²) >= 11 is 0. The number of anilines is 1. The predicted octanol–water partition coefficient (Wildman–Crippen LogP) is 5.04. The van der Waals surface area contributed by atoms with E-state index >= 15 is 0 Å². The molecule has 4 heteroatoms. The van der Waals surface area contributed by atoms with Crippen LogP contribution in [0.3, 0.4) is 0 Å². The maximum atomic E-state index is 12.7. The molecule has 0 bridgehead atoms. The van der Waals surface area contributed by atoms with E-state index in [1.165, 1.54) is 5.56 Å². The third kappa shape index (κ3) is 3.54. The Morgan fingerprint density at radius 2 is 1.69 bits per heavy atom. The Morgan fingerprint density at radius 3 is 2.35 bits per heavy atom. The highest BCUT2D eigenvalue weighted by Crippen LogP contribution is 2.28. The minimum absolute atomic E-state index is 0.116. The second kappa shape index (κ2) is 6.79. The molecule has 26 heavy (non-hydrogen) atoms. The topological polar surface area (TPSA) is 46.9 Å². The van der Waals surface area contributed by atoms with Gasteiger partial charge in [0.25, 0.3) is 5.91 Å². The van der Waals surface area contributed by atoms with Crippen molar-refractivity contribution in [3.63, 3.8) is 0 Å². The maximum Gasteiger partial charge on any atom is 0.256 e. The zero-order chi connectivity index (χ0) is 18.9. The lowest BCUT2D eigenvalue weighted by molar-refractivity contribution is 0.102. The molecular weight excluding hydrogens is 322 g/mol. The van der Waals surface area contributed by atoms with Gasteiger partial charge in [-0.2, -0.15) is 5.10 Å². The van der Waals surface area contributed by atoms with E-state index in [1.54, 1.807) is 12.1 Å². The fourth-order valence-corrected chi connectivity index (χ4v) is 2.76. The Labute approximate surface area is 154 Å². The molecule has 1 N–H and O–H groups in total. The summed E-state index contributed by atoms with van der Waals surface area (Å²) in [7, 11) is 0. The van der Waals surface area contributed by atoms with E-state index in [9.17, 15) is 4.79 Å². The van der Waals surface area contributed by atoms with Crippen LogP contribution in [-0.4, -0.2) is 15.7 Å². The molecule has 0 atom stereocenters. The van der Waals surface area contributed by atoms with Crippen molar-refractivity contribution >= 4 is 11.7 Å². The van der Waals surface area contributed by atoms with Crippen molar-refractivity contribution in [2.24, 2.45) is 0 Å². The Morgan fingerprint density at radius 1 is 1.00 bits per heavy atom. The third-order valence-electron chi connectivity index (χ3n) is 4.56. The number of hydrogen-bond donors (Lipinski definition) is 1. The van der Waals surface area contributed by atoms with Crippen LogP contribution in [0.4, 0.5) is 5.82 Å². The summed E-state index contributed by atoms with van der Waals surface area (Å²) in [5, 5.41) is 7.83. The van der Waals surface area contributed by atoms with Crippen molar-refractivity contribution in [3.8, 4) is 5.69 Å². The first-order chi connectivity index (χ1) is 12.3. The second-order valence-electron chi connectivity index (χ2n) is 7.62. The van der Waals surface area contributed by atoms with E-state index in [4.69, 9.17) is 5.10 Å². The summed E-state index contributed by atoms with van der Waals surface area (Å²) in [6, 6.07) is 17.3. The van der Waals surface area contributed by atoms with Crippen LogP contribution in [0, 0.1) is 13.8 Å². The Balaban J connectivity index is 2.07. The molecule has 0 spiro atoms. The van der Waals surface area contributed by atoms with Crippen LogP contribution >= 0.6 is 0 Å². The van der Waals surface area contributed by atoms with Gasteiger partial charge >= 0.3 is 0 Å². The number of aromatic nitrogens is 2. The predicted molar refractivity (Wildman–Crippen MR) is 106 cm³/mol. The smallest absolute Gasteiger partial charge is 0.256 e. The van der Waals surface area contributed by atoms with Crippen LogP contribution in [0.25, 0.3) is 5.69 Å². The zero-order valence-corrected chi connectivity index (χ0v) is 16.0.